The molecule has 0 saturated carbocycles. The molecule has 6 nitrogen and oxygen atoms in total. The predicted octanol–water partition coefficient (Wildman–Crippen LogP) is 3.59. The smallest absolute Gasteiger partial charge is 0.251 e. The minimum absolute atomic E-state index is 0.126. The van der Waals surface area contributed by atoms with E-state index in [2.05, 4.69) is 24.5 Å². The van der Waals surface area contributed by atoms with Crippen LogP contribution in [0.2, 0.25) is 0 Å². The van der Waals surface area contributed by atoms with Crippen molar-refractivity contribution in [2.24, 2.45) is 0 Å². The number of carbonyl (C=O) groups is 2. The summed E-state index contributed by atoms with van der Waals surface area (Å²) in [5.74, 6) is 0.656. The van der Waals surface area contributed by atoms with Crippen LogP contribution in [0.5, 0.6) is 11.5 Å². The molecule has 0 aliphatic carbocycles. The molecule has 0 bridgehead atoms. The number of carbonyl (C=O) groups excluding carboxylic acids is 2. The van der Waals surface area contributed by atoms with Gasteiger partial charge in [-0.25, -0.2) is 0 Å². The van der Waals surface area contributed by atoms with Crippen molar-refractivity contribution in [3.05, 3.63) is 53.1 Å². The summed E-state index contributed by atoms with van der Waals surface area (Å²) in [5, 5.41) is 5.77. The Kier molecular flexibility index (Phi) is 7.87. The first-order valence-corrected chi connectivity index (χ1v) is 9.44. The minimum Gasteiger partial charge on any atom is -0.497 e. The molecule has 6 heteroatoms. The molecule has 2 rings (SSSR count). The molecule has 28 heavy (non-hydrogen) atoms. The molecular weight excluding hydrogens is 356 g/mol. The summed E-state index contributed by atoms with van der Waals surface area (Å²) in [6, 6.07) is 11.0. The van der Waals surface area contributed by atoms with Crippen molar-refractivity contribution in [2.75, 3.05) is 26.1 Å². The molecule has 0 heterocycles. The van der Waals surface area contributed by atoms with Crippen LogP contribution in [-0.4, -0.2) is 32.6 Å². The van der Waals surface area contributed by atoms with Crippen LogP contribution in [-0.2, 0) is 17.6 Å². The number of amides is 2. The van der Waals surface area contributed by atoms with E-state index in [1.165, 1.54) is 14.2 Å². The van der Waals surface area contributed by atoms with E-state index in [0.29, 0.717) is 17.1 Å². The molecule has 0 saturated heterocycles. The van der Waals surface area contributed by atoms with Crippen molar-refractivity contribution in [2.45, 2.75) is 33.1 Å². The number of rotatable bonds is 9. The Hall–Kier alpha value is -3.02. The molecule has 0 fully saturated rings. The van der Waals surface area contributed by atoms with Crippen LogP contribution in [0.15, 0.2) is 36.4 Å². The van der Waals surface area contributed by atoms with Gasteiger partial charge in [0, 0.05) is 30.3 Å². The van der Waals surface area contributed by atoms with Crippen LogP contribution in [0.25, 0.3) is 0 Å². The van der Waals surface area contributed by atoms with Gasteiger partial charge >= 0.3 is 0 Å². The van der Waals surface area contributed by atoms with Crippen molar-refractivity contribution >= 4 is 17.5 Å². The van der Waals surface area contributed by atoms with E-state index >= 15 is 0 Å². The quantitative estimate of drug-likeness (QED) is 0.693. The standard InChI is InChI=1S/C22H28N2O4/c1-5-15-8-7-9-16(6-2)21(15)24-20(25)10-11-23-22(26)17-12-18(27-3)14-19(13-17)28-4/h7-9,12-14H,5-6,10-11H2,1-4H3,(H,23,26)(H,24,25). The third-order valence-electron chi connectivity index (χ3n) is 4.51. The molecule has 2 amide bonds. The first-order valence-electron chi connectivity index (χ1n) is 9.44. The van der Waals surface area contributed by atoms with E-state index in [4.69, 9.17) is 9.47 Å². The lowest BCUT2D eigenvalue weighted by Gasteiger charge is -2.14. The van der Waals surface area contributed by atoms with Crippen LogP contribution >= 0.6 is 0 Å². The molecule has 150 valence electrons. The topological polar surface area (TPSA) is 76.7 Å². The lowest BCUT2D eigenvalue weighted by molar-refractivity contribution is -0.116. The predicted molar refractivity (Wildman–Crippen MR) is 110 cm³/mol. The fourth-order valence-electron chi connectivity index (χ4n) is 2.94. The molecule has 0 aliphatic heterocycles. The highest BCUT2D eigenvalue weighted by Gasteiger charge is 2.12. The van der Waals surface area contributed by atoms with Crippen molar-refractivity contribution in [1.82, 2.24) is 5.32 Å². The second-order valence-electron chi connectivity index (χ2n) is 6.31. The Bertz CT molecular complexity index is 789. The molecule has 0 radical (unpaired) electrons. The summed E-state index contributed by atoms with van der Waals surface area (Å²) in [5.41, 5.74) is 3.53. The zero-order valence-electron chi connectivity index (χ0n) is 16.9. The lowest BCUT2D eigenvalue weighted by atomic mass is 10.0. The molecule has 0 atom stereocenters. The molecule has 0 aromatic heterocycles. The molecule has 2 N–H and O–H groups in total. The van der Waals surface area contributed by atoms with E-state index in [9.17, 15) is 9.59 Å². The largest absolute Gasteiger partial charge is 0.497 e. The van der Waals surface area contributed by atoms with Gasteiger partial charge in [0.2, 0.25) is 5.91 Å². The number of ether oxygens (including phenoxy) is 2. The van der Waals surface area contributed by atoms with Gasteiger partial charge in [-0.15, -0.1) is 0 Å². The third-order valence-corrected chi connectivity index (χ3v) is 4.51. The zero-order chi connectivity index (χ0) is 20.5. The number of para-hydroxylation sites is 1. The Balaban J connectivity index is 1.95. The summed E-state index contributed by atoms with van der Waals surface area (Å²) in [4.78, 5) is 24.7. The van der Waals surface area contributed by atoms with Gasteiger partial charge in [-0.3, -0.25) is 9.59 Å². The van der Waals surface area contributed by atoms with Gasteiger partial charge < -0.3 is 20.1 Å². The monoisotopic (exact) mass is 384 g/mol. The average Bonchev–Trinajstić information content (AvgIpc) is 2.73. The Morgan fingerprint density at radius 2 is 1.50 bits per heavy atom. The first kappa shape index (κ1) is 21.3. The van der Waals surface area contributed by atoms with Crippen molar-refractivity contribution in [3.8, 4) is 11.5 Å². The van der Waals surface area contributed by atoms with Gasteiger partial charge in [0.1, 0.15) is 11.5 Å². The van der Waals surface area contributed by atoms with Crippen LogP contribution in [0.4, 0.5) is 5.69 Å². The van der Waals surface area contributed by atoms with E-state index in [-0.39, 0.29) is 24.8 Å². The average molecular weight is 384 g/mol. The van der Waals surface area contributed by atoms with E-state index in [1.54, 1.807) is 18.2 Å². The Morgan fingerprint density at radius 3 is 2.00 bits per heavy atom. The number of aryl methyl sites for hydroxylation is 2. The normalized spacial score (nSPS) is 10.3. The van der Waals surface area contributed by atoms with Gasteiger partial charge in [-0.05, 0) is 36.1 Å². The second kappa shape index (κ2) is 10.3. The fourth-order valence-corrected chi connectivity index (χ4v) is 2.94. The summed E-state index contributed by atoms with van der Waals surface area (Å²) in [6.07, 6.45) is 1.88. The van der Waals surface area contributed by atoms with Crippen molar-refractivity contribution < 1.29 is 19.1 Å². The highest BCUT2D eigenvalue weighted by molar-refractivity contribution is 5.96. The van der Waals surface area contributed by atoms with Crippen LogP contribution in [0, 0.1) is 0 Å². The third kappa shape index (κ3) is 5.49. The summed E-state index contributed by atoms with van der Waals surface area (Å²) >= 11 is 0. The molecule has 2 aromatic rings. The fraction of sp³-hybridized carbons (Fsp3) is 0.364. The van der Waals surface area contributed by atoms with Gasteiger partial charge in [-0.1, -0.05) is 32.0 Å². The SMILES string of the molecule is CCc1cccc(CC)c1NC(=O)CCNC(=O)c1cc(OC)cc(OC)c1. The van der Waals surface area contributed by atoms with E-state index < -0.39 is 0 Å². The molecule has 2 aromatic carbocycles. The van der Waals surface area contributed by atoms with Crippen molar-refractivity contribution in [1.29, 1.82) is 0 Å². The van der Waals surface area contributed by atoms with Gasteiger partial charge in [0.05, 0.1) is 14.2 Å². The number of methoxy groups -OCH3 is 2. The van der Waals surface area contributed by atoms with Gasteiger partial charge in [-0.2, -0.15) is 0 Å². The molecule has 0 spiro atoms. The minimum atomic E-state index is -0.284. The van der Waals surface area contributed by atoms with E-state index in [0.717, 1.165) is 29.7 Å². The number of hydrogen-bond acceptors (Lipinski definition) is 4. The maximum absolute atomic E-state index is 12.4. The highest BCUT2D eigenvalue weighted by Crippen LogP contribution is 2.23. The van der Waals surface area contributed by atoms with Crippen LogP contribution in [0.1, 0.15) is 41.8 Å². The summed E-state index contributed by atoms with van der Waals surface area (Å²) in [6.45, 7) is 4.36. The maximum Gasteiger partial charge on any atom is 0.251 e. The second-order valence-corrected chi connectivity index (χ2v) is 6.31. The summed E-state index contributed by atoms with van der Waals surface area (Å²) < 4.78 is 10.4. The number of benzene rings is 2. The number of anilines is 1. The number of nitrogens with one attached hydrogen (secondary N) is 2. The maximum atomic E-state index is 12.4. The molecule has 0 unspecified atom stereocenters. The Morgan fingerprint density at radius 1 is 0.929 bits per heavy atom. The van der Waals surface area contributed by atoms with Crippen LogP contribution < -0.4 is 20.1 Å². The van der Waals surface area contributed by atoms with Crippen molar-refractivity contribution in [3.63, 3.8) is 0 Å². The number of hydrogen-bond donors (Lipinski definition) is 2. The van der Waals surface area contributed by atoms with E-state index in [1.807, 2.05) is 18.2 Å². The Labute approximate surface area is 166 Å². The van der Waals surface area contributed by atoms with Gasteiger partial charge in [0.15, 0.2) is 0 Å². The van der Waals surface area contributed by atoms with Crippen LogP contribution in [0.3, 0.4) is 0 Å². The highest BCUT2D eigenvalue weighted by atomic mass is 16.5. The first-order chi connectivity index (χ1) is 13.5. The van der Waals surface area contributed by atoms with Gasteiger partial charge in [0.25, 0.3) is 5.91 Å². The molecular formula is C22H28N2O4. The zero-order valence-corrected chi connectivity index (χ0v) is 16.9. The summed E-state index contributed by atoms with van der Waals surface area (Å²) in [7, 11) is 3.05. The molecule has 0 aliphatic rings. The lowest BCUT2D eigenvalue weighted by Crippen LogP contribution is -2.28.